The van der Waals surface area contributed by atoms with Crippen LogP contribution >= 0.6 is 0 Å². The Labute approximate surface area is 103 Å². The van der Waals surface area contributed by atoms with Crippen molar-refractivity contribution in [1.82, 2.24) is 0 Å². The van der Waals surface area contributed by atoms with Crippen LogP contribution in [0.3, 0.4) is 0 Å². The van der Waals surface area contributed by atoms with E-state index in [1.54, 1.807) is 0 Å². The Morgan fingerprint density at radius 2 is 2.22 bits per heavy atom. The number of nitrogens with one attached hydrogen (secondary N) is 1. The van der Waals surface area contributed by atoms with Gasteiger partial charge in [0.2, 0.25) is 0 Å². The lowest BCUT2D eigenvalue weighted by atomic mass is 10.2. The minimum Gasteiger partial charge on any atom is -0.364 e. The van der Waals surface area contributed by atoms with E-state index >= 15 is 0 Å². The molecule has 0 aliphatic carbocycles. The number of carbonyl (C=O) groups excluding carboxylic acids is 1. The number of amides is 1. The molecule has 98 valence electrons. The highest BCUT2D eigenvalue weighted by Crippen LogP contribution is 2.22. The molecule has 0 spiro atoms. The van der Waals surface area contributed by atoms with Crippen molar-refractivity contribution in [2.45, 2.75) is 25.0 Å². The first-order chi connectivity index (χ1) is 8.61. The Morgan fingerprint density at radius 1 is 1.44 bits per heavy atom. The van der Waals surface area contributed by atoms with Crippen LogP contribution in [0.25, 0.3) is 0 Å². The Morgan fingerprint density at radius 3 is 2.89 bits per heavy atom. The molecule has 1 aromatic rings. The van der Waals surface area contributed by atoms with E-state index in [0.29, 0.717) is 19.4 Å². The number of ether oxygens (including phenoxy) is 1. The second-order valence-corrected chi connectivity index (χ2v) is 4.15. The Balaban J connectivity index is 2.01. The molecule has 0 bridgehead atoms. The first-order valence-electron chi connectivity index (χ1n) is 5.72. The molecule has 1 aromatic carbocycles. The first kappa shape index (κ1) is 12.9. The van der Waals surface area contributed by atoms with Gasteiger partial charge in [0.1, 0.15) is 6.10 Å². The summed E-state index contributed by atoms with van der Waals surface area (Å²) in [6.45, 7) is 0.345. The standard InChI is InChI=1S/C12H14F2N2O2/c13-8-2-1-3-9(11(8)14)16-12(17)10-5-4-7(6-15)18-10/h1-3,7,10H,4-6,15H2,(H,16,17)/t7-,10+/m1/s1. The highest BCUT2D eigenvalue weighted by molar-refractivity contribution is 5.94. The fourth-order valence-corrected chi connectivity index (χ4v) is 1.89. The zero-order valence-electron chi connectivity index (χ0n) is 9.66. The maximum Gasteiger partial charge on any atom is 0.253 e. The number of halogens is 2. The summed E-state index contributed by atoms with van der Waals surface area (Å²) in [5, 5.41) is 2.32. The maximum atomic E-state index is 13.3. The molecule has 3 N–H and O–H groups in total. The summed E-state index contributed by atoms with van der Waals surface area (Å²) in [4.78, 5) is 11.8. The predicted molar refractivity (Wildman–Crippen MR) is 61.9 cm³/mol. The SMILES string of the molecule is NC[C@H]1CC[C@@H](C(=O)Nc2cccc(F)c2F)O1. The van der Waals surface area contributed by atoms with Crippen molar-refractivity contribution in [3.8, 4) is 0 Å². The second-order valence-electron chi connectivity index (χ2n) is 4.15. The number of hydrogen-bond acceptors (Lipinski definition) is 3. The average molecular weight is 256 g/mol. The minimum atomic E-state index is -1.07. The normalized spacial score (nSPS) is 23.1. The van der Waals surface area contributed by atoms with Crippen molar-refractivity contribution in [2.24, 2.45) is 5.73 Å². The molecule has 0 aromatic heterocycles. The van der Waals surface area contributed by atoms with Crippen LogP contribution in [0.5, 0.6) is 0 Å². The van der Waals surface area contributed by atoms with Crippen LogP contribution in [0, 0.1) is 11.6 Å². The minimum absolute atomic E-state index is 0.141. The second kappa shape index (κ2) is 5.41. The lowest BCUT2D eigenvalue weighted by molar-refractivity contribution is -0.126. The van der Waals surface area contributed by atoms with E-state index < -0.39 is 23.6 Å². The van der Waals surface area contributed by atoms with Gasteiger partial charge < -0.3 is 15.8 Å². The fraction of sp³-hybridized carbons (Fsp3) is 0.417. The fourth-order valence-electron chi connectivity index (χ4n) is 1.89. The molecule has 1 amide bonds. The molecule has 1 aliphatic heterocycles. The Kier molecular flexibility index (Phi) is 3.88. The smallest absolute Gasteiger partial charge is 0.253 e. The zero-order chi connectivity index (χ0) is 13.1. The van der Waals surface area contributed by atoms with E-state index in [-0.39, 0.29) is 11.8 Å². The highest BCUT2D eigenvalue weighted by atomic mass is 19.2. The van der Waals surface area contributed by atoms with Crippen molar-refractivity contribution in [3.63, 3.8) is 0 Å². The molecule has 1 aliphatic rings. The summed E-state index contributed by atoms with van der Waals surface area (Å²) in [5.41, 5.74) is 5.25. The largest absolute Gasteiger partial charge is 0.364 e. The molecule has 1 saturated heterocycles. The van der Waals surface area contributed by atoms with Gasteiger partial charge in [0.15, 0.2) is 11.6 Å². The number of nitrogens with two attached hydrogens (primary N) is 1. The van der Waals surface area contributed by atoms with Gasteiger partial charge in [-0.2, -0.15) is 0 Å². The molecular formula is C12H14F2N2O2. The van der Waals surface area contributed by atoms with Gasteiger partial charge in [-0.3, -0.25) is 4.79 Å². The molecule has 1 fully saturated rings. The van der Waals surface area contributed by atoms with Gasteiger partial charge >= 0.3 is 0 Å². The summed E-state index contributed by atoms with van der Waals surface area (Å²) in [6, 6.07) is 3.61. The quantitative estimate of drug-likeness (QED) is 0.859. The van der Waals surface area contributed by atoms with Crippen molar-refractivity contribution >= 4 is 11.6 Å². The number of benzene rings is 1. The molecular weight excluding hydrogens is 242 g/mol. The molecule has 2 rings (SSSR count). The number of anilines is 1. The third kappa shape index (κ3) is 2.65. The number of rotatable bonds is 3. The zero-order valence-corrected chi connectivity index (χ0v) is 9.66. The van der Waals surface area contributed by atoms with Crippen molar-refractivity contribution in [2.75, 3.05) is 11.9 Å². The third-order valence-corrected chi connectivity index (χ3v) is 2.87. The summed E-state index contributed by atoms with van der Waals surface area (Å²) < 4.78 is 31.7. The van der Waals surface area contributed by atoms with Crippen LogP contribution in [0.15, 0.2) is 18.2 Å². The van der Waals surface area contributed by atoms with Crippen molar-refractivity contribution < 1.29 is 18.3 Å². The highest BCUT2D eigenvalue weighted by Gasteiger charge is 2.30. The Hall–Kier alpha value is -1.53. The predicted octanol–water partition coefficient (Wildman–Crippen LogP) is 1.41. The summed E-state index contributed by atoms with van der Waals surface area (Å²) >= 11 is 0. The van der Waals surface area contributed by atoms with E-state index in [4.69, 9.17) is 10.5 Å². The summed E-state index contributed by atoms with van der Waals surface area (Å²) in [5.74, 6) is -2.55. The molecule has 0 unspecified atom stereocenters. The van der Waals surface area contributed by atoms with E-state index in [0.717, 1.165) is 6.07 Å². The van der Waals surface area contributed by atoms with Gasteiger partial charge in [-0.1, -0.05) is 6.07 Å². The lowest BCUT2D eigenvalue weighted by Crippen LogP contribution is -2.30. The van der Waals surface area contributed by atoms with Crippen molar-refractivity contribution in [3.05, 3.63) is 29.8 Å². The van der Waals surface area contributed by atoms with Gasteiger partial charge in [-0.05, 0) is 25.0 Å². The van der Waals surface area contributed by atoms with Crippen LogP contribution < -0.4 is 11.1 Å². The number of hydrogen-bond donors (Lipinski definition) is 2. The Bertz CT molecular complexity index is 454. The maximum absolute atomic E-state index is 13.3. The molecule has 0 radical (unpaired) electrons. The molecule has 4 nitrogen and oxygen atoms in total. The summed E-state index contributed by atoms with van der Waals surface area (Å²) in [7, 11) is 0. The van der Waals surface area contributed by atoms with Gasteiger partial charge in [0.05, 0.1) is 11.8 Å². The molecule has 1 heterocycles. The topological polar surface area (TPSA) is 64.4 Å². The average Bonchev–Trinajstić information content (AvgIpc) is 2.83. The van der Waals surface area contributed by atoms with Gasteiger partial charge in [-0.15, -0.1) is 0 Å². The monoisotopic (exact) mass is 256 g/mol. The molecule has 6 heteroatoms. The third-order valence-electron chi connectivity index (χ3n) is 2.87. The molecule has 18 heavy (non-hydrogen) atoms. The number of carbonyl (C=O) groups is 1. The van der Waals surface area contributed by atoms with E-state index in [2.05, 4.69) is 5.32 Å². The van der Waals surface area contributed by atoms with E-state index in [9.17, 15) is 13.6 Å². The van der Waals surface area contributed by atoms with Crippen molar-refractivity contribution in [1.29, 1.82) is 0 Å². The molecule has 0 saturated carbocycles. The van der Waals surface area contributed by atoms with Gasteiger partial charge in [0.25, 0.3) is 5.91 Å². The molecule has 2 atom stereocenters. The van der Waals surface area contributed by atoms with Gasteiger partial charge in [-0.25, -0.2) is 8.78 Å². The van der Waals surface area contributed by atoms with Crippen LogP contribution in [-0.4, -0.2) is 24.7 Å². The summed E-state index contributed by atoms with van der Waals surface area (Å²) in [6.07, 6.45) is 0.435. The van der Waals surface area contributed by atoms with Crippen LogP contribution in [0.4, 0.5) is 14.5 Å². The van der Waals surface area contributed by atoms with Gasteiger partial charge in [0, 0.05) is 6.54 Å². The van der Waals surface area contributed by atoms with Crippen LogP contribution in [-0.2, 0) is 9.53 Å². The van der Waals surface area contributed by atoms with Crippen LogP contribution in [0.2, 0.25) is 0 Å². The van der Waals surface area contributed by atoms with Crippen LogP contribution in [0.1, 0.15) is 12.8 Å². The lowest BCUT2D eigenvalue weighted by Gasteiger charge is -2.13. The van der Waals surface area contributed by atoms with E-state index in [1.165, 1.54) is 12.1 Å². The van der Waals surface area contributed by atoms with E-state index in [1.807, 2.05) is 0 Å². The first-order valence-corrected chi connectivity index (χ1v) is 5.72.